The normalized spacial score (nSPS) is 19.1. The van der Waals surface area contributed by atoms with E-state index in [9.17, 15) is 0 Å². The molecule has 1 unspecified atom stereocenters. The van der Waals surface area contributed by atoms with Gasteiger partial charge in [0.15, 0.2) is 0 Å². The van der Waals surface area contributed by atoms with Gasteiger partial charge in [0.25, 0.3) is 0 Å². The Labute approximate surface area is 123 Å². The number of benzene rings is 1. The molecule has 1 fully saturated rings. The van der Waals surface area contributed by atoms with E-state index < -0.39 is 0 Å². The molecule has 2 heterocycles. The Hall–Kier alpha value is -1.30. The highest BCUT2D eigenvalue weighted by molar-refractivity contribution is 7.11. The summed E-state index contributed by atoms with van der Waals surface area (Å²) >= 11 is 1.66. The van der Waals surface area contributed by atoms with Gasteiger partial charge in [-0.2, -0.15) is 0 Å². The second-order valence-electron chi connectivity index (χ2n) is 5.01. The highest BCUT2D eigenvalue weighted by atomic mass is 32.1. The first-order valence-corrected chi connectivity index (χ1v) is 7.91. The van der Waals surface area contributed by atoms with Crippen LogP contribution in [0.5, 0.6) is 0 Å². The Morgan fingerprint density at radius 3 is 2.85 bits per heavy atom. The van der Waals surface area contributed by atoms with E-state index >= 15 is 0 Å². The molecule has 1 aliphatic rings. The highest BCUT2D eigenvalue weighted by Gasteiger charge is 2.18. The van der Waals surface area contributed by atoms with E-state index in [-0.39, 0.29) is 0 Å². The maximum Gasteiger partial charge on any atom is 0.143 e. The van der Waals surface area contributed by atoms with Crippen LogP contribution in [0.3, 0.4) is 0 Å². The number of rotatable bonds is 5. The van der Waals surface area contributed by atoms with E-state index in [4.69, 9.17) is 4.74 Å². The predicted octanol–water partition coefficient (Wildman–Crippen LogP) is 3.07. The highest BCUT2D eigenvalue weighted by Crippen LogP contribution is 2.25. The summed E-state index contributed by atoms with van der Waals surface area (Å²) in [5, 5.41) is 14.1. The first-order chi connectivity index (χ1) is 9.92. The van der Waals surface area contributed by atoms with Crippen molar-refractivity contribution < 1.29 is 4.74 Å². The minimum absolute atomic E-state index is 0.393. The van der Waals surface area contributed by atoms with Crippen molar-refractivity contribution in [1.82, 2.24) is 15.5 Å². The molecule has 0 radical (unpaired) electrons. The average molecular weight is 289 g/mol. The summed E-state index contributed by atoms with van der Waals surface area (Å²) in [6.07, 6.45) is 3.71. The second kappa shape index (κ2) is 6.92. The maximum atomic E-state index is 5.69. The predicted molar refractivity (Wildman–Crippen MR) is 79.4 cm³/mol. The molecule has 1 aromatic heterocycles. The summed E-state index contributed by atoms with van der Waals surface area (Å²) in [4.78, 5) is 0. The van der Waals surface area contributed by atoms with Gasteiger partial charge < -0.3 is 10.1 Å². The molecule has 1 saturated heterocycles. The monoisotopic (exact) mass is 289 g/mol. The number of nitrogens with zero attached hydrogens (tertiary/aromatic N) is 2. The third-order valence-electron chi connectivity index (χ3n) is 3.43. The summed E-state index contributed by atoms with van der Waals surface area (Å²) in [6, 6.07) is 10.6. The van der Waals surface area contributed by atoms with E-state index in [1.165, 1.54) is 24.8 Å². The number of hydrogen-bond donors (Lipinski definition) is 1. The average Bonchev–Trinajstić information content (AvgIpc) is 2.98. The van der Waals surface area contributed by atoms with Crippen molar-refractivity contribution in [1.29, 1.82) is 0 Å². The van der Waals surface area contributed by atoms with Crippen LogP contribution in [-0.4, -0.2) is 16.7 Å². The van der Waals surface area contributed by atoms with E-state index in [2.05, 4.69) is 27.6 Å². The zero-order valence-corrected chi connectivity index (χ0v) is 12.2. The summed E-state index contributed by atoms with van der Waals surface area (Å²) in [5.74, 6) is 0. The second-order valence-corrected chi connectivity index (χ2v) is 6.11. The van der Waals surface area contributed by atoms with Crippen LogP contribution in [0.4, 0.5) is 0 Å². The van der Waals surface area contributed by atoms with E-state index in [1.807, 2.05) is 18.2 Å². The van der Waals surface area contributed by atoms with Crippen molar-refractivity contribution in [3.8, 4) is 0 Å². The van der Waals surface area contributed by atoms with Gasteiger partial charge in [0.1, 0.15) is 16.6 Å². The Bertz CT molecular complexity index is 523. The Morgan fingerprint density at radius 1 is 1.15 bits per heavy atom. The fraction of sp³-hybridized carbons (Fsp3) is 0.467. The van der Waals surface area contributed by atoms with Gasteiger partial charge in [0, 0.05) is 0 Å². The van der Waals surface area contributed by atoms with Crippen LogP contribution in [0, 0.1) is 0 Å². The Morgan fingerprint density at radius 2 is 2.05 bits per heavy atom. The third kappa shape index (κ3) is 3.62. The quantitative estimate of drug-likeness (QED) is 0.919. The molecule has 20 heavy (non-hydrogen) atoms. The van der Waals surface area contributed by atoms with Crippen LogP contribution in [0.15, 0.2) is 30.3 Å². The van der Waals surface area contributed by atoms with Crippen molar-refractivity contribution in [2.24, 2.45) is 0 Å². The first kappa shape index (κ1) is 13.7. The van der Waals surface area contributed by atoms with Gasteiger partial charge in [0.2, 0.25) is 0 Å². The fourth-order valence-corrected chi connectivity index (χ4v) is 3.25. The SMILES string of the molecule is c1ccc(COCc2nnc(C3CCCCN3)s2)cc1. The van der Waals surface area contributed by atoms with Crippen molar-refractivity contribution in [3.05, 3.63) is 45.9 Å². The molecule has 0 saturated carbocycles. The van der Waals surface area contributed by atoms with E-state index in [0.29, 0.717) is 19.3 Å². The van der Waals surface area contributed by atoms with Crippen molar-refractivity contribution in [3.63, 3.8) is 0 Å². The number of piperidine rings is 1. The van der Waals surface area contributed by atoms with Gasteiger partial charge in [-0.25, -0.2) is 0 Å². The molecule has 4 nitrogen and oxygen atoms in total. The largest absolute Gasteiger partial charge is 0.370 e. The molecule has 0 bridgehead atoms. The molecule has 0 amide bonds. The first-order valence-electron chi connectivity index (χ1n) is 7.09. The number of ether oxygens (including phenoxy) is 1. The molecular formula is C15H19N3OS. The lowest BCUT2D eigenvalue weighted by Crippen LogP contribution is -2.26. The molecule has 1 aromatic carbocycles. The molecule has 0 aliphatic carbocycles. The van der Waals surface area contributed by atoms with Crippen LogP contribution >= 0.6 is 11.3 Å². The van der Waals surface area contributed by atoms with E-state index in [1.54, 1.807) is 11.3 Å². The van der Waals surface area contributed by atoms with Gasteiger partial charge >= 0.3 is 0 Å². The van der Waals surface area contributed by atoms with Gasteiger partial charge in [-0.15, -0.1) is 10.2 Å². The van der Waals surface area contributed by atoms with Crippen LogP contribution in [0.1, 0.15) is 40.9 Å². The molecule has 3 rings (SSSR count). The molecule has 1 N–H and O–H groups in total. The minimum atomic E-state index is 0.393. The molecule has 2 aromatic rings. The van der Waals surface area contributed by atoms with Crippen molar-refractivity contribution in [2.75, 3.05) is 6.54 Å². The zero-order valence-electron chi connectivity index (χ0n) is 11.4. The van der Waals surface area contributed by atoms with E-state index in [0.717, 1.165) is 16.6 Å². The van der Waals surface area contributed by atoms with Crippen LogP contribution in [0.25, 0.3) is 0 Å². The summed E-state index contributed by atoms with van der Waals surface area (Å²) < 4.78 is 5.69. The maximum absolute atomic E-state index is 5.69. The summed E-state index contributed by atoms with van der Waals surface area (Å²) in [5.41, 5.74) is 1.19. The van der Waals surface area contributed by atoms with Crippen LogP contribution in [0.2, 0.25) is 0 Å². The number of aromatic nitrogens is 2. The molecule has 1 atom stereocenters. The lowest BCUT2D eigenvalue weighted by molar-refractivity contribution is 0.106. The summed E-state index contributed by atoms with van der Waals surface area (Å²) in [6.45, 7) is 2.25. The smallest absolute Gasteiger partial charge is 0.143 e. The van der Waals surface area contributed by atoms with Gasteiger partial charge in [0.05, 0.1) is 12.6 Å². The standard InChI is InChI=1S/C15H19N3OS/c1-2-6-12(7-3-1)10-19-11-14-17-18-15(20-14)13-8-4-5-9-16-13/h1-3,6-7,13,16H,4-5,8-11H2. The zero-order chi connectivity index (χ0) is 13.6. The van der Waals surface area contributed by atoms with Crippen molar-refractivity contribution in [2.45, 2.75) is 38.5 Å². The van der Waals surface area contributed by atoms with Crippen LogP contribution in [-0.2, 0) is 18.0 Å². The Kier molecular flexibility index (Phi) is 4.73. The van der Waals surface area contributed by atoms with Crippen LogP contribution < -0.4 is 5.32 Å². The van der Waals surface area contributed by atoms with Gasteiger partial charge in [-0.05, 0) is 24.9 Å². The fourth-order valence-electron chi connectivity index (χ4n) is 2.36. The lowest BCUT2D eigenvalue weighted by Gasteiger charge is -2.20. The van der Waals surface area contributed by atoms with Gasteiger partial charge in [-0.1, -0.05) is 48.1 Å². The van der Waals surface area contributed by atoms with Crippen molar-refractivity contribution >= 4 is 11.3 Å². The molecule has 106 valence electrons. The molecule has 5 heteroatoms. The topological polar surface area (TPSA) is 47.0 Å². The molecule has 0 spiro atoms. The number of nitrogens with one attached hydrogen (secondary N) is 1. The Balaban J connectivity index is 1.50. The van der Waals surface area contributed by atoms with Gasteiger partial charge in [-0.3, -0.25) is 0 Å². The number of hydrogen-bond acceptors (Lipinski definition) is 5. The lowest BCUT2D eigenvalue weighted by atomic mass is 10.1. The minimum Gasteiger partial charge on any atom is -0.370 e. The molecular weight excluding hydrogens is 270 g/mol. The third-order valence-corrected chi connectivity index (χ3v) is 4.44. The molecule has 1 aliphatic heterocycles. The summed E-state index contributed by atoms with van der Waals surface area (Å²) in [7, 11) is 0.